The van der Waals surface area contributed by atoms with Gasteiger partial charge in [-0.2, -0.15) is 13.2 Å². The molecule has 1 atom stereocenters. The number of nitrogens with one attached hydrogen (secondary N) is 2. The SMILES string of the molecule is CN=C(NCCCCCCC(=O)OC(C)(C)C)NC1CCN(CC(F)(F)F)C1.I. The third kappa shape index (κ3) is 14.8. The van der Waals surface area contributed by atoms with E-state index in [1.54, 1.807) is 7.05 Å². The smallest absolute Gasteiger partial charge is 0.401 e. The van der Waals surface area contributed by atoms with Gasteiger partial charge in [-0.1, -0.05) is 12.8 Å². The van der Waals surface area contributed by atoms with Gasteiger partial charge in [0.15, 0.2) is 5.96 Å². The van der Waals surface area contributed by atoms with Gasteiger partial charge >= 0.3 is 12.1 Å². The molecule has 1 aliphatic heterocycles. The quantitative estimate of drug-likeness (QED) is 0.155. The van der Waals surface area contributed by atoms with Gasteiger partial charge < -0.3 is 15.4 Å². The highest BCUT2D eigenvalue weighted by atomic mass is 127. The second-order valence-corrected chi connectivity index (χ2v) is 8.23. The number of halogens is 4. The van der Waals surface area contributed by atoms with E-state index in [9.17, 15) is 18.0 Å². The number of aliphatic imine (C=N–C) groups is 1. The van der Waals surface area contributed by atoms with E-state index < -0.39 is 18.3 Å². The molecule has 0 saturated carbocycles. The van der Waals surface area contributed by atoms with Gasteiger partial charge in [0.25, 0.3) is 0 Å². The fourth-order valence-electron chi connectivity index (χ4n) is 3.08. The fraction of sp³-hybridized carbons (Fsp3) is 0.895. The zero-order valence-electron chi connectivity index (χ0n) is 17.9. The van der Waals surface area contributed by atoms with Crippen LogP contribution in [0.15, 0.2) is 4.99 Å². The van der Waals surface area contributed by atoms with Crippen LogP contribution in [0.1, 0.15) is 59.3 Å². The van der Waals surface area contributed by atoms with Crippen LogP contribution in [0.5, 0.6) is 0 Å². The Hall–Kier alpha value is -0.780. The van der Waals surface area contributed by atoms with Crippen LogP contribution in [0.2, 0.25) is 0 Å². The normalized spacial score (nSPS) is 18.3. The highest BCUT2D eigenvalue weighted by molar-refractivity contribution is 14.0. The van der Waals surface area contributed by atoms with Gasteiger partial charge in [0, 0.05) is 39.1 Å². The Kier molecular flexibility index (Phi) is 13.1. The fourth-order valence-corrected chi connectivity index (χ4v) is 3.08. The standard InChI is InChI=1S/C19H35F3N4O2.HI/c1-18(2,3)28-16(27)9-7-5-6-8-11-24-17(23-4)25-15-10-12-26(13-15)14-19(20,21)22;/h15H,5-14H2,1-4H3,(H2,23,24,25);1H. The number of hydrogen-bond donors (Lipinski definition) is 2. The van der Waals surface area contributed by atoms with Gasteiger partial charge in [-0.05, 0) is 40.0 Å². The summed E-state index contributed by atoms with van der Waals surface area (Å²) in [5, 5.41) is 6.39. The van der Waals surface area contributed by atoms with Crippen molar-refractivity contribution in [1.82, 2.24) is 15.5 Å². The highest BCUT2D eigenvalue weighted by Crippen LogP contribution is 2.19. The van der Waals surface area contributed by atoms with E-state index in [4.69, 9.17) is 4.74 Å². The molecule has 6 nitrogen and oxygen atoms in total. The Morgan fingerprint density at radius 1 is 1.17 bits per heavy atom. The van der Waals surface area contributed by atoms with E-state index in [-0.39, 0.29) is 36.0 Å². The summed E-state index contributed by atoms with van der Waals surface area (Å²) in [6, 6.07) is -0.0256. The van der Waals surface area contributed by atoms with Crippen LogP contribution in [-0.2, 0) is 9.53 Å². The van der Waals surface area contributed by atoms with E-state index >= 15 is 0 Å². The predicted molar refractivity (Wildman–Crippen MR) is 120 cm³/mol. The number of carbonyl (C=O) groups is 1. The molecule has 0 aliphatic carbocycles. The Morgan fingerprint density at radius 3 is 2.41 bits per heavy atom. The monoisotopic (exact) mass is 536 g/mol. The van der Waals surface area contributed by atoms with Crippen LogP contribution in [0.3, 0.4) is 0 Å². The first-order valence-corrected chi connectivity index (χ1v) is 9.96. The van der Waals surface area contributed by atoms with Crippen molar-refractivity contribution in [3.05, 3.63) is 0 Å². The molecule has 1 rings (SSSR count). The number of carbonyl (C=O) groups excluding carboxylic acids is 1. The highest BCUT2D eigenvalue weighted by Gasteiger charge is 2.34. The summed E-state index contributed by atoms with van der Waals surface area (Å²) < 4.78 is 42.6. The van der Waals surface area contributed by atoms with Gasteiger partial charge in [-0.15, -0.1) is 24.0 Å². The number of rotatable bonds is 9. The van der Waals surface area contributed by atoms with Crippen molar-refractivity contribution in [2.75, 3.05) is 33.2 Å². The minimum atomic E-state index is -4.15. The van der Waals surface area contributed by atoms with E-state index in [2.05, 4.69) is 15.6 Å². The maximum atomic E-state index is 12.5. The van der Waals surface area contributed by atoms with E-state index in [1.807, 2.05) is 20.8 Å². The summed E-state index contributed by atoms with van der Waals surface area (Å²) in [6.45, 7) is 6.24. The second kappa shape index (κ2) is 13.5. The minimum absolute atomic E-state index is 0. The first kappa shape index (κ1) is 28.2. The molecular weight excluding hydrogens is 500 g/mol. The van der Waals surface area contributed by atoms with Crippen LogP contribution in [0, 0.1) is 0 Å². The molecule has 0 bridgehead atoms. The summed E-state index contributed by atoms with van der Waals surface area (Å²) in [7, 11) is 1.65. The van der Waals surface area contributed by atoms with Crippen molar-refractivity contribution in [1.29, 1.82) is 0 Å². The van der Waals surface area contributed by atoms with Gasteiger partial charge in [-0.25, -0.2) is 0 Å². The number of likely N-dealkylation sites (tertiary alicyclic amines) is 1. The molecule has 1 fully saturated rings. The van der Waals surface area contributed by atoms with Crippen molar-refractivity contribution in [2.24, 2.45) is 4.99 Å². The molecule has 0 aromatic heterocycles. The summed E-state index contributed by atoms with van der Waals surface area (Å²) in [5.41, 5.74) is -0.438. The molecule has 2 N–H and O–H groups in total. The lowest BCUT2D eigenvalue weighted by Gasteiger charge is -2.20. The summed E-state index contributed by atoms with van der Waals surface area (Å²) in [4.78, 5) is 17.2. The molecule has 1 saturated heterocycles. The zero-order chi connectivity index (χ0) is 21.2. The lowest BCUT2D eigenvalue weighted by molar-refractivity contribution is -0.155. The average molecular weight is 536 g/mol. The molecule has 0 spiro atoms. The van der Waals surface area contributed by atoms with Gasteiger partial charge in [-0.3, -0.25) is 14.7 Å². The molecular formula is C19H36F3IN4O2. The number of ether oxygens (including phenoxy) is 1. The van der Waals surface area contributed by atoms with E-state index in [0.717, 1.165) is 32.2 Å². The zero-order valence-corrected chi connectivity index (χ0v) is 20.2. The van der Waals surface area contributed by atoms with Crippen LogP contribution in [-0.4, -0.2) is 67.9 Å². The maximum Gasteiger partial charge on any atom is 0.401 e. The first-order valence-electron chi connectivity index (χ1n) is 9.96. The molecule has 0 amide bonds. The Labute approximate surface area is 189 Å². The van der Waals surface area contributed by atoms with Crippen molar-refractivity contribution in [2.45, 2.75) is 77.1 Å². The number of unbranched alkanes of at least 4 members (excludes halogenated alkanes) is 3. The van der Waals surface area contributed by atoms with Crippen molar-refractivity contribution in [3.63, 3.8) is 0 Å². The molecule has 0 aromatic carbocycles. The van der Waals surface area contributed by atoms with Crippen molar-refractivity contribution in [3.8, 4) is 0 Å². The number of nitrogens with zero attached hydrogens (tertiary/aromatic N) is 2. The van der Waals surface area contributed by atoms with E-state index in [0.29, 0.717) is 31.9 Å². The lowest BCUT2D eigenvalue weighted by Crippen LogP contribution is -2.45. The molecule has 1 unspecified atom stereocenters. The largest absolute Gasteiger partial charge is 0.460 e. The van der Waals surface area contributed by atoms with Crippen LogP contribution < -0.4 is 10.6 Å². The van der Waals surface area contributed by atoms with Crippen LogP contribution in [0.4, 0.5) is 13.2 Å². The number of esters is 1. The van der Waals surface area contributed by atoms with Crippen molar-refractivity contribution >= 4 is 35.9 Å². The number of alkyl halides is 3. The molecule has 29 heavy (non-hydrogen) atoms. The third-order valence-electron chi connectivity index (χ3n) is 4.26. The van der Waals surface area contributed by atoms with E-state index in [1.165, 1.54) is 4.90 Å². The number of hydrogen-bond acceptors (Lipinski definition) is 4. The molecule has 0 radical (unpaired) electrons. The summed E-state index contributed by atoms with van der Waals surface area (Å²) in [6.07, 6.45) is 0.611. The van der Waals surface area contributed by atoms with Gasteiger partial charge in [0.05, 0.1) is 6.54 Å². The van der Waals surface area contributed by atoms with Crippen LogP contribution >= 0.6 is 24.0 Å². The second-order valence-electron chi connectivity index (χ2n) is 8.23. The lowest BCUT2D eigenvalue weighted by atomic mass is 10.1. The van der Waals surface area contributed by atoms with Gasteiger partial charge in [0.1, 0.15) is 5.60 Å². The Bertz CT molecular complexity index is 511. The summed E-state index contributed by atoms with van der Waals surface area (Å²) in [5.74, 6) is 0.457. The topological polar surface area (TPSA) is 66.0 Å². The first-order chi connectivity index (χ1) is 13.0. The number of guanidine groups is 1. The predicted octanol–water partition coefficient (Wildman–Crippen LogP) is 3.70. The van der Waals surface area contributed by atoms with Crippen molar-refractivity contribution < 1.29 is 22.7 Å². The molecule has 1 aliphatic rings. The summed E-state index contributed by atoms with van der Waals surface area (Å²) >= 11 is 0. The molecule has 0 aromatic rings. The molecule has 10 heteroatoms. The molecule has 172 valence electrons. The molecule has 1 heterocycles. The average Bonchev–Trinajstić information content (AvgIpc) is 2.96. The Balaban J connectivity index is 0.00000784. The maximum absolute atomic E-state index is 12.5. The third-order valence-corrected chi connectivity index (χ3v) is 4.26. The minimum Gasteiger partial charge on any atom is -0.460 e. The van der Waals surface area contributed by atoms with Crippen LogP contribution in [0.25, 0.3) is 0 Å². The van der Waals surface area contributed by atoms with Gasteiger partial charge in [0.2, 0.25) is 0 Å². The Morgan fingerprint density at radius 2 is 1.83 bits per heavy atom.